The monoisotopic (exact) mass is 140 g/mol. The quantitative estimate of drug-likeness (QED) is 0.430. The molecule has 0 spiro atoms. The van der Waals surface area contributed by atoms with Gasteiger partial charge in [-0.05, 0) is 16.2 Å². The molecule has 5 heteroatoms. The van der Waals surface area contributed by atoms with E-state index in [1.807, 2.05) is 13.2 Å². The van der Waals surface area contributed by atoms with E-state index in [4.69, 9.17) is 10.0 Å². The molecule has 2 N–H and O–H groups in total. The molecule has 1 heterocycles. The van der Waals surface area contributed by atoms with Crippen molar-refractivity contribution in [3.05, 3.63) is 10.8 Å². The highest BCUT2D eigenvalue weighted by atomic mass is 32.1. The first-order valence-electron chi connectivity index (χ1n) is 2.60. The van der Waals surface area contributed by atoms with Crippen LogP contribution in [0, 0.1) is 0 Å². The Morgan fingerprint density at radius 2 is 2.11 bits per heavy atom. The van der Waals surface area contributed by atoms with Gasteiger partial charge >= 0.3 is 7.12 Å². The van der Waals surface area contributed by atoms with Gasteiger partial charge in [-0.1, -0.05) is 5.46 Å². The predicted molar refractivity (Wildman–Crippen MR) is 42.3 cm³/mol. The molecule has 0 atom stereocenters. The van der Waals surface area contributed by atoms with Crippen LogP contribution in [0.15, 0.2) is 10.8 Å². The SMILES string of the molecule is Bc1cscc1B(O)O. The molecule has 1 aromatic rings. The van der Waals surface area contributed by atoms with Crippen LogP contribution in [0.2, 0.25) is 0 Å². The Bertz CT molecular complexity index is 198. The molecule has 0 fully saturated rings. The van der Waals surface area contributed by atoms with Crippen LogP contribution in [0.5, 0.6) is 0 Å². The van der Waals surface area contributed by atoms with Crippen molar-refractivity contribution in [1.29, 1.82) is 0 Å². The minimum atomic E-state index is -1.31. The molecule has 0 aromatic carbocycles. The van der Waals surface area contributed by atoms with E-state index in [1.54, 1.807) is 5.38 Å². The summed E-state index contributed by atoms with van der Waals surface area (Å²) in [4.78, 5) is 0. The van der Waals surface area contributed by atoms with Crippen LogP contribution in [-0.2, 0) is 0 Å². The van der Waals surface area contributed by atoms with Crippen LogP contribution in [0.4, 0.5) is 0 Å². The molecule has 0 unspecified atom stereocenters. The van der Waals surface area contributed by atoms with Crippen molar-refractivity contribution in [2.24, 2.45) is 0 Å². The topological polar surface area (TPSA) is 40.5 Å². The molecule has 0 saturated carbocycles. The van der Waals surface area contributed by atoms with Crippen LogP contribution >= 0.6 is 11.3 Å². The Balaban J connectivity index is 2.94. The van der Waals surface area contributed by atoms with Gasteiger partial charge in [-0.15, -0.1) is 0 Å². The summed E-state index contributed by atoms with van der Waals surface area (Å²) in [6.07, 6.45) is 0. The minimum Gasteiger partial charge on any atom is -0.423 e. The van der Waals surface area contributed by atoms with E-state index in [0.717, 1.165) is 5.46 Å². The highest BCUT2D eigenvalue weighted by molar-refractivity contribution is 7.10. The van der Waals surface area contributed by atoms with Gasteiger partial charge in [0.05, 0.1) is 0 Å². The lowest BCUT2D eigenvalue weighted by Crippen LogP contribution is -2.38. The van der Waals surface area contributed by atoms with Gasteiger partial charge in [0.25, 0.3) is 0 Å². The number of hydrogen-bond donors (Lipinski definition) is 2. The fourth-order valence-corrected chi connectivity index (χ4v) is 1.50. The normalized spacial score (nSPS) is 9.56. The second-order valence-corrected chi connectivity index (χ2v) is 2.63. The average molecular weight is 140 g/mol. The van der Waals surface area contributed by atoms with Gasteiger partial charge in [-0.3, -0.25) is 0 Å². The van der Waals surface area contributed by atoms with Crippen molar-refractivity contribution >= 4 is 37.2 Å². The Labute approximate surface area is 58.7 Å². The Hall–Kier alpha value is -0.250. The van der Waals surface area contributed by atoms with E-state index in [9.17, 15) is 0 Å². The van der Waals surface area contributed by atoms with Gasteiger partial charge < -0.3 is 10.0 Å². The molecular weight excluding hydrogens is 134 g/mol. The van der Waals surface area contributed by atoms with Gasteiger partial charge in [0.1, 0.15) is 7.85 Å². The van der Waals surface area contributed by atoms with E-state index < -0.39 is 7.12 Å². The third-order valence-corrected chi connectivity index (χ3v) is 2.05. The zero-order chi connectivity index (χ0) is 6.85. The van der Waals surface area contributed by atoms with Crippen molar-refractivity contribution in [2.45, 2.75) is 0 Å². The van der Waals surface area contributed by atoms with Crippen molar-refractivity contribution < 1.29 is 10.0 Å². The van der Waals surface area contributed by atoms with E-state index in [-0.39, 0.29) is 0 Å². The van der Waals surface area contributed by atoms with Gasteiger partial charge in [0.15, 0.2) is 0 Å². The van der Waals surface area contributed by atoms with E-state index >= 15 is 0 Å². The molecule has 0 bridgehead atoms. The zero-order valence-electron chi connectivity index (χ0n) is 5.03. The Kier molecular flexibility index (Phi) is 1.95. The Morgan fingerprint density at radius 3 is 2.33 bits per heavy atom. The van der Waals surface area contributed by atoms with Gasteiger partial charge in [0.2, 0.25) is 0 Å². The summed E-state index contributed by atoms with van der Waals surface area (Å²) in [5.41, 5.74) is 1.55. The fourth-order valence-electron chi connectivity index (χ4n) is 0.635. The molecule has 1 rings (SSSR count). The standard InChI is InChI=1S/C4H6B2O2S/c5-3-1-9-2-4(3)6(7)8/h1-2,7-8H,5H2. The third kappa shape index (κ3) is 1.36. The number of rotatable bonds is 1. The van der Waals surface area contributed by atoms with E-state index in [1.165, 1.54) is 11.3 Å². The summed E-state index contributed by atoms with van der Waals surface area (Å²) in [7, 11) is 0.543. The summed E-state index contributed by atoms with van der Waals surface area (Å²) in [5, 5.41) is 20.9. The van der Waals surface area contributed by atoms with Crippen LogP contribution in [0.1, 0.15) is 0 Å². The maximum atomic E-state index is 8.66. The largest absolute Gasteiger partial charge is 0.488 e. The van der Waals surface area contributed by atoms with Crippen LogP contribution in [-0.4, -0.2) is 25.0 Å². The zero-order valence-corrected chi connectivity index (χ0v) is 5.85. The summed E-state index contributed by atoms with van der Waals surface area (Å²) < 4.78 is 0. The molecule has 0 aliphatic heterocycles. The molecule has 0 saturated heterocycles. The van der Waals surface area contributed by atoms with Crippen LogP contribution < -0.4 is 10.9 Å². The lowest BCUT2D eigenvalue weighted by molar-refractivity contribution is 0.426. The highest BCUT2D eigenvalue weighted by Gasteiger charge is 2.12. The average Bonchev–Trinajstić information content (AvgIpc) is 2.13. The molecule has 46 valence electrons. The molecule has 0 aliphatic rings. The fraction of sp³-hybridized carbons (Fsp3) is 0. The van der Waals surface area contributed by atoms with E-state index in [0.29, 0.717) is 5.46 Å². The van der Waals surface area contributed by atoms with Crippen LogP contribution in [0.3, 0.4) is 0 Å². The van der Waals surface area contributed by atoms with Gasteiger partial charge in [-0.25, -0.2) is 0 Å². The first-order valence-corrected chi connectivity index (χ1v) is 3.55. The highest BCUT2D eigenvalue weighted by Crippen LogP contribution is 1.89. The van der Waals surface area contributed by atoms with Crippen molar-refractivity contribution in [3.8, 4) is 0 Å². The smallest absolute Gasteiger partial charge is 0.423 e. The lowest BCUT2D eigenvalue weighted by Gasteiger charge is -1.93. The third-order valence-electron chi connectivity index (χ3n) is 1.17. The first kappa shape index (κ1) is 6.86. The van der Waals surface area contributed by atoms with Gasteiger partial charge in [-0.2, -0.15) is 11.3 Å². The maximum absolute atomic E-state index is 8.66. The second kappa shape index (κ2) is 2.56. The molecular formula is C4H6B2O2S. The predicted octanol–water partition coefficient (Wildman–Crippen LogP) is -2.31. The van der Waals surface area contributed by atoms with Crippen molar-refractivity contribution in [1.82, 2.24) is 0 Å². The van der Waals surface area contributed by atoms with Crippen molar-refractivity contribution in [2.75, 3.05) is 0 Å². The summed E-state index contributed by atoms with van der Waals surface area (Å²) in [5.74, 6) is 0. The number of hydrogen-bond acceptors (Lipinski definition) is 3. The Morgan fingerprint density at radius 1 is 1.44 bits per heavy atom. The summed E-state index contributed by atoms with van der Waals surface area (Å²) in [6.45, 7) is 0. The van der Waals surface area contributed by atoms with Crippen molar-refractivity contribution in [3.63, 3.8) is 0 Å². The molecule has 0 aliphatic carbocycles. The van der Waals surface area contributed by atoms with Crippen LogP contribution in [0.25, 0.3) is 0 Å². The summed E-state index contributed by atoms with van der Waals surface area (Å²) in [6, 6.07) is 0. The number of thiophene rings is 1. The summed E-state index contributed by atoms with van der Waals surface area (Å²) >= 11 is 1.47. The van der Waals surface area contributed by atoms with Gasteiger partial charge in [0, 0.05) is 0 Å². The second-order valence-electron chi connectivity index (χ2n) is 1.88. The molecule has 2 nitrogen and oxygen atoms in total. The molecule has 9 heavy (non-hydrogen) atoms. The minimum absolute atomic E-state index is 0.611. The van der Waals surface area contributed by atoms with E-state index in [2.05, 4.69) is 0 Å². The maximum Gasteiger partial charge on any atom is 0.488 e. The molecule has 0 radical (unpaired) electrons. The molecule has 1 aromatic heterocycles. The molecule has 0 amide bonds. The first-order chi connectivity index (χ1) is 4.22. The lowest BCUT2D eigenvalue weighted by atomic mass is 9.74.